The predicted octanol–water partition coefficient (Wildman–Crippen LogP) is 1.35. The van der Waals surface area contributed by atoms with E-state index in [4.69, 9.17) is 15.9 Å². The summed E-state index contributed by atoms with van der Waals surface area (Å²) in [6, 6.07) is 7.00. The monoisotopic (exact) mass is 245 g/mol. The maximum absolute atomic E-state index is 11.9. The minimum Gasteiger partial charge on any atom is -0.485 e. The lowest BCUT2D eigenvalue weighted by molar-refractivity contribution is -0.130. The van der Waals surface area contributed by atoms with Crippen LogP contribution in [-0.4, -0.2) is 24.7 Å². The van der Waals surface area contributed by atoms with E-state index in [1.165, 1.54) is 0 Å². The van der Waals surface area contributed by atoms with E-state index in [0.717, 1.165) is 0 Å². The lowest BCUT2D eigenvalue weighted by Crippen LogP contribution is -2.47. The molecule has 94 valence electrons. The summed E-state index contributed by atoms with van der Waals surface area (Å²) in [5.74, 6) is 3.51. The Labute approximate surface area is 106 Å². The smallest absolute Gasteiger partial charge is 0.265 e. The van der Waals surface area contributed by atoms with Crippen molar-refractivity contribution in [1.82, 2.24) is 5.32 Å². The van der Waals surface area contributed by atoms with Crippen LogP contribution in [0.5, 0.6) is 11.5 Å². The van der Waals surface area contributed by atoms with Crippen LogP contribution < -0.4 is 14.8 Å². The first kappa shape index (κ1) is 12.3. The number of amides is 1. The van der Waals surface area contributed by atoms with Gasteiger partial charge in [0.25, 0.3) is 5.91 Å². The number of carbonyl (C=O) groups excluding carboxylic acids is 1. The zero-order valence-electron chi connectivity index (χ0n) is 10.2. The molecule has 1 aromatic rings. The van der Waals surface area contributed by atoms with Crippen molar-refractivity contribution in [3.8, 4) is 23.8 Å². The van der Waals surface area contributed by atoms with Crippen LogP contribution in [0.2, 0.25) is 0 Å². The molecule has 0 fully saturated rings. The van der Waals surface area contributed by atoms with Gasteiger partial charge in [-0.3, -0.25) is 4.79 Å². The van der Waals surface area contributed by atoms with Crippen molar-refractivity contribution in [2.24, 2.45) is 0 Å². The number of carbonyl (C=O) groups is 1. The van der Waals surface area contributed by atoms with Gasteiger partial charge in [0.1, 0.15) is 6.61 Å². The van der Waals surface area contributed by atoms with E-state index >= 15 is 0 Å². The molecule has 18 heavy (non-hydrogen) atoms. The van der Waals surface area contributed by atoms with Crippen LogP contribution in [-0.2, 0) is 4.79 Å². The Bertz CT molecular complexity index is 478. The highest BCUT2D eigenvalue weighted by Crippen LogP contribution is 2.30. The van der Waals surface area contributed by atoms with Gasteiger partial charge in [0.2, 0.25) is 6.10 Å². The SMILES string of the molecule is C#CC(CC)NC(=O)C1COc2ccccc2O1. The molecule has 1 aromatic carbocycles. The number of ether oxygens (including phenoxy) is 2. The molecule has 2 atom stereocenters. The zero-order chi connectivity index (χ0) is 13.0. The van der Waals surface area contributed by atoms with Gasteiger partial charge < -0.3 is 14.8 Å². The molecule has 0 saturated heterocycles. The number of rotatable bonds is 3. The summed E-state index contributed by atoms with van der Waals surface area (Å²) in [6.45, 7) is 2.11. The fourth-order valence-corrected chi connectivity index (χ4v) is 1.67. The minimum atomic E-state index is -0.651. The number of fused-ring (bicyclic) bond motifs is 1. The number of nitrogens with one attached hydrogen (secondary N) is 1. The summed E-state index contributed by atoms with van der Waals surface area (Å²) >= 11 is 0. The summed E-state index contributed by atoms with van der Waals surface area (Å²) in [5, 5.41) is 2.74. The van der Waals surface area contributed by atoms with E-state index in [1.54, 1.807) is 12.1 Å². The van der Waals surface area contributed by atoms with Crippen LogP contribution in [0.4, 0.5) is 0 Å². The van der Waals surface area contributed by atoms with Gasteiger partial charge in [-0.05, 0) is 18.6 Å². The minimum absolute atomic E-state index is 0.198. The van der Waals surface area contributed by atoms with Crippen molar-refractivity contribution in [2.45, 2.75) is 25.5 Å². The third-order valence-corrected chi connectivity index (χ3v) is 2.73. The molecule has 1 aliphatic heterocycles. The van der Waals surface area contributed by atoms with Gasteiger partial charge in [-0.25, -0.2) is 0 Å². The molecule has 0 radical (unpaired) electrons. The van der Waals surface area contributed by atoms with Crippen LogP contribution in [0.25, 0.3) is 0 Å². The molecular formula is C14H15NO3. The fourth-order valence-electron chi connectivity index (χ4n) is 1.67. The first-order valence-electron chi connectivity index (χ1n) is 5.89. The number of hydrogen-bond acceptors (Lipinski definition) is 3. The summed E-state index contributed by atoms with van der Waals surface area (Å²) < 4.78 is 11.0. The second kappa shape index (κ2) is 5.46. The highest BCUT2D eigenvalue weighted by Gasteiger charge is 2.27. The van der Waals surface area contributed by atoms with E-state index in [0.29, 0.717) is 17.9 Å². The highest BCUT2D eigenvalue weighted by atomic mass is 16.6. The molecule has 0 spiro atoms. The predicted molar refractivity (Wildman–Crippen MR) is 67.4 cm³/mol. The highest BCUT2D eigenvalue weighted by molar-refractivity contribution is 5.82. The quantitative estimate of drug-likeness (QED) is 0.818. The molecule has 1 amide bonds. The molecule has 1 N–H and O–H groups in total. The average Bonchev–Trinajstić information content (AvgIpc) is 2.44. The maximum atomic E-state index is 11.9. The van der Waals surface area contributed by atoms with Gasteiger partial charge in [0.05, 0.1) is 6.04 Å². The Balaban J connectivity index is 2.01. The molecule has 2 unspecified atom stereocenters. The van der Waals surface area contributed by atoms with Gasteiger partial charge >= 0.3 is 0 Å². The van der Waals surface area contributed by atoms with Crippen molar-refractivity contribution >= 4 is 5.91 Å². The number of terminal acetylenes is 1. The van der Waals surface area contributed by atoms with Gasteiger partial charge in [0, 0.05) is 0 Å². The Morgan fingerprint density at radius 2 is 2.28 bits per heavy atom. The van der Waals surface area contributed by atoms with E-state index in [1.807, 2.05) is 19.1 Å². The van der Waals surface area contributed by atoms with Gasteiger partial charge in [-0.15, -0.1) is 6.42 Å². The second-order valence-electron chi connectivity index (χ2n) is 4.00. The Kier molecular flexibility index (Phi) is 3.73. The molecule has 0 aromatic heterocycles. The summed E-state index contributed by atoms with van der Waals surface area (Å²) in [4.78, 5) is 11.9. The van der Waals surface area contributed by atoms with Gasteiger partial charge in [0.15, 0.2) is 11.5 Å². The van der Waals surface area contributed by atoms with Crippen molar-refractivity contribution in [3.05, 3.63) is 24.3 Å². The first-order valence-corrected chi connectivity index (χ1v) is 5.89. The van der Waals surface area contributed by atoms with E-state index in [-0.39, 0.29) is 18.6 Å². The van der Waals surface area contributed by atoms with E-state index < -0.39 is 6.10 Å². The summed E-state index contributed by atoms with van der Waals surface area (Å²) in [7, 11) is 0. The molecule has 4 heteroatoms. The van der Waals surface area contributed by atoms with Crippen LogP contribution in [0.15, 0.2) is 24.3 Å². The molecular weight excluding hydrogens is 230 g/mol. The first-order chi connectivity index (χ1) is 8.74. The lowest BCUT2D eigenvalue weighted by Gasteiger charge is -2.26. The molecule has 1 heterocycles. The molecule has 0 aliphatic carbocycles. The topological polar surface area (TPSA) is 47.6 Å². The average molecular weight is 245 g/mol. The van der Waals surface area contributed by atoms with Gasteiger partial charge in [-0.2, -0.15) is 0 Å². The largest absolute Gasteiger partial charge is 0.485 e. The fraction of sp³-hybridized carbons (Fsp3) is 0.357. The molecule has 1 aliphatic rings. The number of hydrogen-bond donors (Lipinski definition) is 1. The third kappa shape index (κ3) is 2.57. The van der Waals surface area contributed by atoms with Crippen LogP contribution in [0.1, 0.15) is 13.3 Å². The van der Waals surface area contributed by atoms with Crippen molar-refractivity contribution in [2.75, 3.05) is 6.61 Å². The molecule has 4 nitrogen and oxygen atoms in total. The Hall–Kier alpha value is -2.15. The third-order valence-electron chi connectivity index (χ3n) is 2.73. The lowest BCUT2D eigenvalue weighted by atomic mass is 10.2. The molecule has 0 saturated carbocycles. The van der Waals surface area contributed by atoms with Gasteiger partial charge in [-0.1, -0.05) is 25.0 Å². The standard InChI is InChI=1S/C14H15NO3/c1-3-10(4-2)15-14(16)13-9-17-11-7-5-6-8-12(11)18-13/h1,5-8,10,13H,4,9H2,2H3,(H,15,16). The maximum Gasteiger partial charge on any atom is 0.265 e. The van der Waals surface area contributed by atoms with E-state index in [2.05, 4.69) is 11.2 Å². The van der Waals surface area contributed by atoms with Crippen LogP contribution in [0.3, 0.4) is 0 Å². The Morgan fingerprint density at radius 3 is 2.94 bits per heavy atom. The summed E-state index contributed by atoms with van der Waals surface area (Å²) in [6.07, 6.45) is 5.34. The molecule has 0 bridgehead atoms. The second-order valence-corrected chi connectivity index (χ2v) is 4.00. The zero-order valence-corrected chi connectivity index (χ0v) is 10.2. The number of benzene rings is 1. The van der Waals surface area contributed by atoms with Crippen LogP contribution >= 0.6 is 0 Å². The molecule has 2 rings (SSSR count). The van der Waals surface area contributed by atoms with Crippen molar-refractivity contribution < 1.29 is 14.3 Å². The number of para-hydroxylation sites is 2. The normalized spacial score (nSPS) is 18.6. The van der Waals surface area contributed by atoms with Crippen molar-refractivity contribution in [3.63, 3.8) is 0 Å². The van der Waals surface area contributed by atoms with E-state index in [9.17, 15) is 4.79 Å². The van der Waals surface area contributed by atoms with Crippen molar-refractivity contribution in [1.29, 1.82) is 0 Å². The van der Waals surface area contributed by atoms with Crippen LogP contribution in [0, 0.1) is 12.3 Å². The Morgan fingerprint density at radius 1 is 1.56 bits per heavy atom. The summed E-state index contributed by atoms with van der Waals surface area (Å²) in [5.41, 5.74) is 0.